The predicted octanol–water partition coefficient (Wildman–Crippen LogP) is 3.01. The smallest absolute Gasteiger partial charge is 0.213 e. The fourth-order valence-electron chi connectivity index (χ4n) is 1.65. The maximum Gasteiger partial charge on any atom is 0.213 e. The minimum Gasteiger partial charge on any atom is -0.497 e. The van der Waals surface area contributed by atoms with Crippen LogP contribution in [0.25, 0.3) is 0 Å². The lowest BCUT2D eigenvalue weighted by molar-refractivity contribution is 0.414. The van der Waals surface area contributed by atoms with Gasteiger partial charge in [-0.3, -0.25) is 0 Å². The molecule has 0 aliphatic rings. The third-order valence-electron chi connectivity index (χ3n) is 2.60. The Balaban J connectivity index is 1.97. The lowest BCUT2D eigenvalue weighted by Crippen LogP contribution is -1.96. The molecular weight excluding hydrogens is 217 g/mol. The molecule has 0 radical (unpaired) electrons. The van der Waals surface area contributed by atoms with Gasteiger partial charge >= 0.3 is 0 Å². The molecule has 0 spiro atoms. The molecule has 0 aliphatic carbocycles. The molecule has 88 valence electrons. The molecule has 0 saturated heterocycles. The fourth-order valence-corrected chi connectivity index (χ4v) is 1.65. The van der Waals surface area contributed by atoms with Crippen molar-refractivity contribution in [3.63, 3.8) is 0 Å². The molecule has 1 heterocycles. The molecule has 2 nitrogen and oxygen atoms in total. The number of nitrogens with zero attached hydrogens (tertiary/aromatic N) is 1. The third-order valence-corrected chi connectivity index (χ3v) is 2.60. The molecule has 2 aromatic rings. The highest BCUT2D eigenvalue weighted by molar-refractivity contribution is 5.27. The summed E-state index contributed by atoms with van der Waals surface area (Å²) < 4.78 is 17.9. The first-order chi connectivity index (χ1) is 8.28. The summed E-state index contributed by atoms with van der Waals surface area (Å²) in [5, 5.41) is 0. The monoisotopic (exact) mass is 231 g/mol. The minimum atomic E-state index is -0.419. The molecular formula is C14H14FNO. The summed E-state index contributed by atoms with van der Waals surface area (Å²) >= 11 is 0. The van der Waals surface area contributed by atoms with Crippen molar-refractivity contribution in [1.82, 2.24) is 4.98 Å². The normalized spacial score (nSPS) is 10.2. The van der Waals surface area contributed by atoms with Crippen LogP contribution in [0.4, 0.5) is 4.39 Å². The number of hydrogen-bond acceptors (Lipinski definition) is 2. The van der Waals surface area contributed by atoms with Crippen LogP contribution in [0.1, 0.15) is 11.3 Å². The summed E-state index contributed by atoms with van der Waals surface area (Å²) in [7, 11) is 1.64. The molecule has 0 amide bonds. The number of benzene rings is 1. The van der Waals surface area contributed by atoms with Crippen LogP contribution in [-0.2, 0) is 12.8 Å². The molecule has 0 aliphatic heterocycles. The van der Waals surface area contributed by atoms with Gasteiger partial charge in [-0.15, -0.1) is 0 Å². The third kappa shape index (κ3) is 3.28. The first-order valence-electron chi connectivity index (χ1n) is 5.52. The number of ether oxygens (including phenoxy) is 1. The predicted molar refractivity (Wildman–Crippen MR) is 64.6 cm³/mol. The summed E-state index contributed by atoms with van der Waals surface area (Å²) in [4.78, 5) is 3.83. The van der Waals surface area contributed by atoms with Crippen LogP contribution in [0.15, 0.2) is 42.5 Å². The van der Waals surface area contributed by atoms with E-state index in [0.717, 1.165) is 24.3 Å². The molecule has 0 bridgehead atoms. The van der Waals surface area contributed by atoms with E-state index in [9.17, 15) is 4.39 Å². The van der Waals surface area contributed by atoms with E-state index >= 15 is 0 Å². The number of halogens is 1. The van der Waals surface area contributed by atoms with E-state index in [2.05, 4.69) is 4.98 Å². The van der Waals surface area contributed by atoms with Gasteiger partial charge in [-0.05, 0) is 42.7 Å². The molecule has 0 N–H and O–H groups in total. The SMILES string of the molecule is COc1ccc(CCc2cccc(F)n2)cc1. The lowest BCUT2D eigenvalue weighted by Gasteiger charge is -2.03. The van der Waals surface area contributed by atoms with Crippen molar-refractivity contribution in [1.29, 1.82) is 0 Å². The van der Waals surface area contributed by atoms with Gasteiger partial charge in [-0.2, -0.15) is 4.39 Å². The highest BCUT2D eigenvalue weighted by atomic mass is 19.1. The van der Waals surface area contributed by atoms with Crippen LogP contribution in [0.3, 0.4) is 0 Å². The van der Waals surface area contributed by atoms with Crippen molar-refractivity contribution in [2.75, 3.05) is 7.11 Å². The summed E-state index contributed by atoms with van der Waals surface area (Å²) in [6.45, 7) is 0. The second-order valence-electron chi connectivity index (χ2n) is 3.80. The van der Waals surface area contributed by atoms with Gasteiger partial charge in [-0.25, -0.2) is 4.98 Å². The van der Waals surface area contributed by atoms with Crippen LogP contribution in [-0.4, -0.2) is 12.1 Å². The lowest BCUT2D eigenvalue weighted by atomic mass is 10.1. The molecule has 3 heteroatoms. The highest BCUT2D eigenvalue weighted by Gasteiger charge is 1.99. The largest absolute Gasteiger partial charge is 0.497 e. The standard InChI is InChI=1S/C14H14FNO/c1-17-13-9-6-11(7-10-13)5-8-12-3-2-4-14(15)16-12/h2-4,6-7,9-10H,5,8H2,1H3. The fraction of sp³-hybridized carbons (Fsp3) is 0.214. The van der Waals surface area contributed by atoms with E-state index in [-0.39, 0.29) is 0 Å². The minimum absolute atomic E-state index is 0.419. The number of methoxy groups -OCH3 is 1. The number of aryl methyl sites for hydroxylation is 2. The van der Waals surface area contributed by atoms with Crippen molar-refractivity contribution in [3.05, 3.63) is 59.7 Å². The molecule has 0 fully saturated rings. The molecule has 0 saturated carbocycles. The maximum absolute atomic E-state index is 12.9. The molecule has 0 atom stereocenters. The Hall–Kier alpha value is -1.90. The number of rotatable bonds is 4. The summed E-state index contributed by atoms with van der Waals surface area (Å²) in [6, 6.07) is 12.8. The average molecular weight is 231 g/mol. The zero-order valence-corrected chi connectivity index (χ0v) is 9.69. The van der Waals surface area contributed by atoms with Crippen LogP contribution >= 0.6 is 0 Å². The highest BCUT2D eigenvalue weighted by Crippen LogP contribution is 2.13. The Labute approximate surface area is 100 Å². The molecule has 0 unspecified atom stereocenters. The number of pyridine rings is 1. The summed E-state index contributed by atoms with van der Waals surface area (Å²) in [5.74, 6) is 0.426. The first kappa shape index (κ1) is 11.6. The molecule has 1 aromatic heterocycles. The van der Waals surface area contributed by atoms with Gasteiger partial charge in [0.25, 0.3) is 0 Å². The van der Waals surface area contributed by atoms with Gasteiger partial charge in [0.15, 0.2) is 0 Å². The van der Waals surface area contributed by atoms with Crippen LogP contribution < -0.4 is 4.74 Å². The molecule has 1 aromatic carbocycles. The Bertz CT molecular complexity index is 482. The Morgan fingerprint density at radius 3 is 2.47 bits per heavy atom. The quantitative estimate of drug-likeness (QED) is 0.754. The van der Waals surface area contributed by atoms with Gasteiger partial charge in [-0.1, -0.05) is 18.2 Å². The van der Waals surface area contributed by atoms with Crippen molar-refractivity contribution in [2.45, 2.75) is 12.8 Å². The van der Waals surface area contributed by atoms with E-state index in [1.165, 1.54) is 11.6 Å². The topological polar surface area (TPSA) is 22.1 Å². The van der Waals surface area contributed by atoms with E-state index in [1.807, 2.05) is 30.3 Å². The summed E-state index contributed by atoms with van der Waals surface area (Å²) in [6.07, 6.45) is 1.59. The van der Waals surface area contributed by atoms with Crippen molar-refractivity contribution in [2.24, 2.45) is 0 Å². The summed E-state index contributed by atoms with van der Waals surface area (Å²) in [5.41, 5.74) is 1.97. The van der Waals surface area contributed by atoms with E-state index in [4.69, 9.17) is 4.74 Å². The van der Waals surface area contributed by atoms with Gasteiger partial charge in [0, 0.05) is 5.69 Å². The van der Waals surface area contributed by atoms with Crippen molar-refractivity contribution < 1.29 is 9.13 Å². The van der Waals surface area contributed by atoms with Gasteiger partial charge in [0.05, 0.1) is 7.11 Å². The van der Waals surface area contributed by atoms with Crippen molar-refractivity contribution in [3.8, 4) is 5.75 Å². The number of aromatic nitrogens is 1. The van der Waals surface area contributed by atoms with Gasteiger partial charge < -0.3 is 4.74 Å². The average Bonchev–Trinajstić information content (AvgIpc) is 2.37. The first-order valence-corrected chi connectivity index (χ1v) is 5.52. The van der Waals surface area contributed by atoms with Crippen LogP contribution in [0.5, 0.6) is 5.75 Å². The number of hydrogen-bond donors (Lipinski definition) is 0. The second kappa shape index (κ2) is 5.43. The van der Waals surface area contributed by atoms with Crippen molar-refractivity contribution >= 4 is 0 Å². The Morgan fingerprint density at radius 2 is 1.82 bits per heavy atom. The maximum atomic E-state index is 12.9. The Morgan fingerprint density at radius 1 is 1.06 bits per heavy atom. The van der Waals surface area contributed by atoms with E-state index < -0.39 is 5.95 Å². The van der Waals surface area contributed by atoms with Gasteiger partial charge in [0.2, 0.25) is 5.95 Å². The zero-order chi connectivity index (χ0) is 12.1. The molecule has 2 rings (SSSR count). The second-order valence-corrected chi connectivity index (χ2v) is 3.80. The van der Waals surface area contributed by atoms with Gasteiger partial charge in [0.1, 0.15) is 5.75 Å². The van der Waals surface area contributed by atoms with E-state index in [0.29, 0.717) is 0 Å². The molecule has 17 heavy (non-hydrogen) atoms. The van der Waals surface area contributed by atoms with Crippen LogP contribution in [0, 0.1) is 5.95 Å². The van der Waals surface area contributed by atoms with E-state index in [1.54, 1.807) is 13.2 Å². The Kier molecular flexibility index (Phi) is 3.70. The van der Waals surface area contributed by atoms with Crippen LogP contribution in [0.2, 0.25) is 0 Å². The zero-order valence-electron chi connectivity index (χ0n) is 9.69.